The quantitative estimate of drug-likeness (QED) is 0.914. The van der Waals surface area contributed by atoms with Gasteiger partial charge in [0.15, 0.2) is 0 Å². The summed E-state index contributed by atoms with van der Waals surface area (Å²) < 4.78 is 0. The van der Waals surface area contributed by atoms with E-state index in [-0.39, 0.29) is 6.10 Å². The molecule has 3 nitrogen and oxygen atoms in total. The zero-order chi connectivity index (χ0) is 14.8. The Balaban J connectivity index is 1.57. The van der Waals surface area contributed by atoms with Crippen LogP contribution in [-0.4, -0.2) is 60.8 Å². The molecule has 1 saturated heterocycles. The Hall–Kier alpha value is -0.900. The average Bonchev–Trinajstić information content (AvgIpc) is 2.90. The van der Waals surface area contributed by atoms with Crippen LogP contribution in [0.5, 0.6) is 0 Å². The number of benzene rings is 1. The first-order valence-corrected chi connectivity index (χ1v) is 8.29. The van der Waals surface area contributed by atoms with Gasteiger partial charge in [0.05, 0.1) is 6.10 Å². The van der Waals surface area contributed by atoms with Crippen molar-refractivity contribution in [2.75, 3.05) is 33.7 Å². The summed E-state index contributed by atoms with van der Waals surface area (Å²) in [6.45, 7) is 3.30. The molecule has 0 radical (unpaired) electrons. The molecule has 1 aliphatic heterocycles. The number of nitrogens with zero attached hydrogens (tertiary/aromatic N) is 2. The summed E-state index contributed by atoms with van der Waals surface area (Å²) in [4.78, 5) is 4.76. The van der Waals surface area contributed by atoms with Crippen molar-refractivity contribution in [3.8, 4) is 0 Å². The van der Waals surface area contributed by atoms with Gasteiger partial charge in [0.25, 0.3) is 0 Å². The molecule has 1 N–H and O–H groups in total. The molecule has 0 spiro atoms. The average molecular weight is 288 g/mol. The van der Waals surface area contributed by atoms with Crippen LogP contribution in [0, 0.1) is 0 Å². The van der Waals surface area contributed by atoms with Crippen LogP contribution >= 0.6 is 0 Å². The van der Waals surface area contributed by atoms with Gasteiger partial charge in [-0.05, 0) is 62.9 Å². The van der Waals surface area contributed by atoms with Gasteiger partial charge in [0, 0.05) is 25.7 Å². The lowest BCUT2D eigenvalue weighted by Gasteiger charge is -2.38. The predicted molar refractivity (Wildman–Crippen MR) is 86.7 cm³/mol. The first kappa shape index (κ1) is 15.0. The van der Waals surface area contributed by atoms with E-state index in [2.05, 4.69) is 42.1 Å². The molecule has 116 valence electrons. The summed E-state index contributed by atoms with van der Waals surface area (Å²) in [6, 6.07) is 7.28. The first-order valence-electron chi connectivity index (χ1n) is 8.29. The highest BCUT2D eigenvalue weighted by Crippen LogP contribution is 2.24. The minimum Gasteiger partial charge on any atom is -0.393 e. The molecular formula is C18H28N2O. The topological polar surface area (TPSA) is 26.7 Å². The Bertz CT molecular complexity index is 488. The van der Waals surface area contributed by atoms with Gasteiger partial charge >= 0.3 is 0 Å². The lowest BCUT2D eigenvalue weighted by molar-refractivity contribution is 0.0639. The van der Waals surface area contributed by atoms with Crippen LogP contribution < -0.4 is 0 Å². The summed E-state index contributed by atoms with van der Waals surface area (Å²) >= 11 is 0. The monoisotopic (exact) mass is 288 g/mol. The van der Waals surface area contributed by atoms with Crippen LogP contribution in [0.15, 0.2) is 18.2 Å². The van der Waals surface area contributed by atoms with Crippen LogP contribution in [0.4, 0.5) is 0 Å². The fourth-order valence-corrected chi connectivity index (χ4v) is 3.78. The van der Waals surface area contributed by atoms with Gasteiger partial charge in [-0.15, -0.1) is 0 Å². The second kappa shape index (κ2) is 6.47. The lowest BCUT2D eigenvalue weighted by atomic mass is 9.97. The van der Waals surface area contributed by atoms with Crippen LogP contribution in [0.25, 0.3) is 0 Å². The van der Waals surface area contributed by atoms with Gasteiger partial charge in [0.2, 0.25) is 0 Å². The molecule has 2 aliphatic rings. The molecule has 3 heteroatoms. The largest absolute Gasteiger partial charge is 0.393 e. The standard InChI is InChI=1S/C18H28N2O/c1-19-8-9-20(2)17(13-19)12-18(21)11-14-6-7-15-4-3-5-16(15)10-14/h6-7,10,17-18,21H,3-5,8-9,11-13H2,1-2H3. The highest BCUT2D eigenvalue weighted by Gasteiger charge is 2.24. The third-order valence-corrected chi connectivity index (χ3v) is 5.16. The van der Waals surface area contributed by atoms with Crippen molar-refractivity contribution in [1.82, 2.24) is 9.80 Å². The fourth-order valence-electron chi connectivity index (χ4n) is 3.78. The molecule has 2 atom stereocenters. The molecule has 0 amide bonds. The third kappa shape index (κ3) is 3.65. The zero-order valence-electron chi connectivity index (χ0n) is 13.4. The summed E-state index contributed by atoms with van der Waals surface area (Å²) in [5.41, 5.74) is 4.33. The lowest BCUT2D eigenvalue weighted by Crippen LogP contribution is -2.51. The van der Waals surface area contributed by atoms with Crippen molar-refractivity contribution in [3.05, 3.63) is 34.9 Å². The molecule has 1 heterocycles. The molecular weight excluding hydrogens is 260 g/mol. The molecule has 0 saturated carbocycles. The van der Waals surface area contributed by atoms with Crippen LogP contribution in [-0.2, 0) is 19.3 Å². The smallest absolute Gasteiger partial charge is 0.0595 e. The minimum atomic E-state index is -0.233. The number of hydrogen-bond donors (Lipinski definition) is 1. The minimum absolute atomic E-state index is 0.233. The van der Waals surface area contributed by atoms with E-state index in [0.717, 1.165) is 32.5 Å². The molecule has 1 aliphatic carbocycles. The number of piperazine rings is 1. The Morgan fingerprint density at radius 1 is 1.19 bits per heavy atom. The van der Waals surface area contributed by atoms with Gasteiger partial charge < -0.3 is 14.9 Å². The molecule has 2 unspecified atom stereocenters. The summed E-state index contributed by atoms with van der Waals surface area (Å²) in [5.74, 6) is 0. The number of rotatable bonds is 4. The van der Waals surface area contributed by atoms with Crippen molar-refractivity contribution in [1.29, 1.82) is 0 Å². The van der Waals surface area contributed by atoms with E-state index in [1.807, 2.05) is 0 Å². The zero-order valence-corrected chi connectivity index (χ0v) is 13.4. The van der Waals surface area contributed by atoms with Gasteiger partial charge in [-0.3, -0.25) is 0 Å². The van der Waals surface area contributed by atoms with Crippen molar-refractivity contribution in [2.45, 2.75) is 44.2 Å². The normalized spacial score (nSPS) is 25.0. The van der Waals surface area contributed by atoms with Gasteiger partial charge in [-0.1, -0.05) is 18.2 Å². The predicted octanol–water partition coefficient (Wildman–Crippen LogP) is 1.71. The summed E-state index contributed by atoms with van der Waals surface area (Å²) in [5, 5.41) is 10.5. The van der Waals surface area contributed by atoms with E-state index in [1.165, 1.54) is 36.0 Å². The van der Waals surface area contributed by atoms with Crippen molar-refractivity contribution < 1.29 is 5.11 Å². The number of aliphatic hydroxyl groups is 1. The number of aryl methyl sites for hydroxylation is 2. The second-order valence-corrected chi connectivity index (χ2v) is 6.95. The van der Waals surface area contributed by atoms with E-state index in [1.54, 1.807) is 0 Å². The summed E-state index contributed by atoms with van der Waals surface area (Å²) in [6.07, 6.45) is 5.18. The maximum Gasteiger partial charge on any atom is 0.0595 e. The molecule has 21 heavy (non-hydrogen) atoms. The van der Waals surface area contributed by atoms with Crippen LogP contribution in [0.2, 0.25) is 0 Å². The van der Waals surface area contributed by atoms with Gasteiger partial charge in [-0.2, -0.15) is 0 Å². The van der Waals surface area contributed by atoms with Gasteiger partial charge in [-0.25, -0.2) is 0 Å². The highest BCUT2D eigenvalue weighted by molar-refractivity contribution is 5.35. The Kier molecular flexibility index (Phi) is 4.63. The number of fused-ring (bicyclic) bond motifs is 1. The second-order valence-electron chi connectivity index (χ2n) is 6.95. The number of hydrogen-bond acceptors (Lipinski definition) is 3. The van der Waals surface area contributed by atoms with E-state index in [0.29, 0.717) is 6.04 Å². The van der Waals surface area contributed by atoms with Crippen molar-refractivity contribution >= 4 is 0 Å². The molecule has 1 fully saturated rings. The van der Waals surface area contributed by atoms with Crippen LogP contribution in [0.3, 0.4) is 0 Å². The number of aliphatic hydroxyl groups excluding tert-OH is 1. The number of likely N-dealkylation sites (N-methyl/N-ethyl adjacent to an activating group) is 2. The van der Waals surface area contributed by atoms with E-state index < -0.39 is 0 Å². The SMILES string of the molecule is CN1CCN(C)C(CC(O)Cc2ccc3c(c2)CCC3)C1. The van der Waals surface area contributed by atoms with Crippen LogP contribution in [0.1, 0.15) is 29.5 Å². The molecule has 1 aromatic carbocycles. The molecule has 0 bridgehead atoms. The molecule has 3 rings (SSSR count). The third-order valence-electron chi connectivity index (χ3n) is 5.16. The van der Waals surface area contributed by atoms with E-state index in [9.17, 15) is 5.11 Å². The Morgan fingerprint density at radius 2 is 2.00 bits per heavy atom. The van der Waals surface area contributed by atoms with Crippen molar-refractivity contribution in [3.63, 3.8) is 0 Å². The van der Waals surface area contributed by atoms with E-state index >= 15 is 0 Å². The highest BCUT2D eigenvalue weighted by atomic mass is 16.3. The summed E-state index contributed by atoms with van der Waals surface area (Å²) in [7, 11) is 4.35. The Labute approximate surface area is 128 Å². The fraction of sp³-hybridized carbons (Fsp3) is 0.667. The maximum absolute atomic E-state index is 10.5. The van der Waals surface area contributed by atoms with E-state index in [4.69, 9.17) is 0 Å². The van der Waals surface area contributed by atoms with Gasteiger partial charge in [0.1, 0.15) is 0 Å². The van der Waals surface area contributed by atoms with Crippen molar-refractivity contribution in [2.24, 2.45) is 0 Å². The molecule has 1 aromatic rings. The maximum atomic E-state index is 10.5. The molecule has 0 aromatic heterocycles. The first-order chi connectivity index (χ1) is 10.1. The Morgan fingerprint density at radius 3 is 2.86 bits per heavy atom.